The molecule has 0 saturated carbocycles. The first kappa shape index (κ1) is 17.3. The predicted octanol–water partition coefficient (Wildman–Crippen LogP) is 3.85. The van der Waals surface area contributed by atoms with Gasteiger partial charge in [0.2, 0.25) is 0 Å². The Labute approximate surface area is 158 Å². The second-order valence-corrected chi connectivity index (χ2v) is 6.52. The lowest BCUT2D eigenvalue weighted by Crippen LogP contribution is -2.31. The lowest BCUT2D eigenvalue weighted by molar-refractivity contribution is 0.0729. The smallest absolute Gasteiger partial charge is 0.258 e. The maximum Gasteiger partial charge on any atom is 0.258 e. The Bertz CT molecular complexity index is 923. The summed E-state index contributed by atoms with van der Waals surface area (Å²) in [6, 6.07) is 11.3. The zero-order valence-electron chi connectivity index (χ0n) is 15.3. The van der Waals surface area contributed by atoms with Gasteiger partial charge in [0.15, 0.2) is 0 Å². The number of likely N-dealkylation sites (tertiary alicyclic amines) is 1. The van der Waals surface area contributed by atoms with Crippen LogP contribution in [0.25, 0.3) is 11.1 Å². The van der Waals surface area contributed by atoms with Crippen LogP contribution in [0.5, 0.6) is 5.75 Å². The molecule has 0 radical (unpaired) electrons. The summed E-state index contributed by atoms with van der Waals surface area (Å²) < 4.78 is 5.66. The van der Waals surface area contributed by atoms with Crippen molar-refractivity contribution in [2.24, 2.45) is 0 Å². The zero-order chi connectivity index (χ0) is 18.6. The average molecular weight is 362 g/mol. The van der Waals surface area contributed by atoms with Crippen LogP contribution in [0.1, 0.15) is 41.9 Å². The molecule has 1 aromatic carbocycles. The third kappa shape index (κ3) is 3.30. The monoisotopic (exact) mass is 362 g/mol. The highest BCUT2D eigenvalue weighted by Gasteiger charge is 2.34. The van der Waals surface area contributed by atoms with E-state index >= 15 is 0 Å². The fourth-order valence-electron chi connectivity index (χ4n) is 3.70. The molecule has 3 heterocycles. The number of aromatic amines is 1. The van der Waals surface area contributed by atoms with E-state index in [0.29, 0.717) is 17.9 Å². The number of hydrogen-bond donors (Lipinski definition) is 1. The van der Waals surface area contributed by atoms with Gasteiger partial charge in [-0.05, 0) is 49.6 Å². The van der Waals surface area contributed by atoms with Crippen molar-refractivity contribution in [2.75, 3.05) is 13.2 Å². The Morgan fingerprint density at radius 2 is 2.07 bits per heavy atom. The maximum atomic E-state index is 13.3. The summed E-state index contributed by atoms with van der Waals surface area (Å²) in [7, 11) is 0. The van der Waals surface area contributed by atoms with E-state index in [0.717, 1.165) is 36.2 Å². The van der Waals surface area contributed by atoms with Gasteiger partial charge in [0.1, 0.15) is 5.75 Å². The molecule has 1 saturated heterocycles. The first-order chi connectivity index (χ1) is 13.3. The normalized spacial score (nSPS) is 16.5. The molecule has 1 aliphatic heterocycles. The van der Waals surface area contributed by atoms with Gasteiger partial charge < -0.3 is 9.64 Å². The summed E-state index contributed by atoms with van der Waals surface area (Å²) in [6.45, 7) is 3.17. The molecular weight excluding hydrogens is 340 g/mol. The summed E-state index contributed by atoms with van der Waals surface area (Å²) in [5.41, 5.74) is 3.64. The van der Waals surface area contributed by atoms with Gasteiger partial charge in [0.25, 0.3) is 5.91 Å². The molecule has 1 N–H and O–H groups in total. The molecule has 4 rings (SSSR count). The Kier molecular flexibility index (Phi) is 4.87. The van der Waals surface area contributed by atoms with E-state index in [1.807, 2.05) is 54.4 Å². The van der Waals surface area contributed by atoms with Crippen molar-refractivity contribution < 1.29 is 9.53 Å². The molecule has 0 bridgehead atoms. The number of H-pyrrole nitrogens is 1. The SMILES string of the molecule is CCOc1ccccc1C(=O)N1CCCC1c1[nH]ncc1-c1ccncc1. The Morgan fingerprint density at radius 1 is 1.26 bits per heavy atom. The van der Waals surface area contributed by atoms with E-state index in [-0.39, 0.29) is 11.9 Å². The standard InChI is InChI=1S/C21H22N4O2/c1-2-27-19-8-4-3-6-16(19)21(26)25-13-5-7-18(25)20-17(14-23-24-20)15-9-11-22-12-10-15/h3-4,6,8-12,14,18H,2,5,7,13H2,1H3,(H,23,24). The third-order valence-electron chi connectivity index (χ3n) is 4.92. The number of ether oxygens (including phenoxy) is 1. The van der Waals surface area contributed by atoms with E-state index in [1.54, 1.807) is 12.4 Å². The molecule has 1 aliphatic rings. The number of nitrogens with one attached hydrogen (secondary N) is 1. The van der Waals surface area contributed by atoms with Crippen LogP contribution in [0.2, 0.25) is 0 Å². The third-order valence-corrected chi connectivity index (χ3v) is 4.92. The molecule has 2 aromatic heterocycles. The minimum atomic E-state index is -0.0298. The number of pyridine rings is 1. The van der Waals surface area contributed by atoms with Crippen LogP contribution in [0.3, 0.4) is 0 Å². The number of nitrogens with zero attached hydrogens (tertiary/aromatic N) is 3. The van der Waals surface area contributed by atoms with Crippen molar-refractivity contribution in [3.05, 3.63) is 66.2 Å². The van der Waals surface area contributed by atoms with E-state index in [1.165, 1.54) is 0 Å². The van der Waals surface area contributed by atoms with Gasteiger partial charge in [-0.1, -0.05) is 12.1 Å². The predicted molar refractivity (Wildman–Crippen MR) is 102 cm³/mol. The molecule has 1 unspecified atom stereocenters. The summed E-state index contributed by atoms with van der Waals surface area (Å²) >= 11 is 0. The lowest BCUT2D eigenvalue weighted by Gasteiger charge is -2.25. The van der Waals surface area contributed by atoms with E-state index in [2.05, 4.69) is 15.2 Å². The number of hydrogen-bond acceptors (Lipinski definition) is 4. The van der Waals surface area contributed by atoms with Gasteiger partial charge in [0, 0.05) is 24.5 Å². The number of benzene rings is 1. The van der Waals surface area contributed by atoms with Gasteiger partial charge in [-0.2, -0.15) is 5.10 Å². The number of carbonyl (C=O) groups excluding carboxylic acids is 1. The molecule has 6 heteroatoms. The van der Waals surface area contributed by atoms with Crippen LogP contribution >= 0.6 is 0 Å². The average Bonchev–Trinajstić information content (AvgIpc) is 3.38. The molecule has 0 aliphatic carbocycles. The van der Waals surface area contributed by atoms with Crippen LogP contribution in [0.4, 0.5) is 0 Å². The zero-order valence-corrected chi connectivity index (χ0v) is 15.3. The minimum absolute atomic E-state index is 0.00294. The first-order valence-electron chi connectivity index (χ1n) is 9.26. The van der Waals surface area contributed by atoms with Crippen molar-refractivity contribution in [1.82, 2.24) is 20.1 Å². The number of aromatic nitrogens is 3. The number of carbonyl (C=O) groups is 1. The fraction of sp³-hybridized carbons (Fsp3) is 0.286. The van der Waals surface area contributed by atoms with Crippen molar-refractivity contribution in [3.63, 3.8) is 0 Å². The summed E-state index contributed by atoms with van der Waals surface area (Å²) in [4.78, 5) is 19.3. The maximum absolute atomic E-state index is 13.3. The molecule has 27 heavy (non-hydrogen) atoms. The van der Waals surface area contributed by atoms with E-state index in [4.69, 9.17) is 4.74 Å². The first-order valence-corrected chi connectivity index (χ1v) is 9.26. The molecule has 6 nitrogen and oxygen atoms in total. The minimum Gasteiger partial charge on any atom is -0.493 e. The number of rotatable bonds is 5. The number of para-hydroxylation sites is 1. The van der Waals surface area contributed by atoms with Crippen molar-refractivity contribution in [3.8, 4) is 16.9 Å². The van der Waals surface area contributed by atoms with Crippen molar-refractivity contribution in [2.45, 2.75) is 25.8 Å². The highest BCUT2D eigenvalue weighted by molar-refractivity contribution is 5.97. The van der Waals surface area contributed by atoms with E-state index in [9.17, 15) is 4.79 Å². The molecular formula is C21H22N4O2. The number of amides is 1. The topological polar surface area (TPSA) is 71.1 Å². The van der Waals surface area contributed by atoms with Crippen LogP contribution in [0.15, 0.2) is 55.0 Å². The highest BCUT2D eigenvalue weighted by atomic mass is 16.5. The quantitative estimate of drug-likeness (QED) is 0.748. The van der Waals surface area contributed by atoms with Gasteiger partial charge in [-0.3, -0.25) is 14.9 Å². The summed E-state index contributed by atoms with van der Waals surface area (Å²) in [5, 5.41) is 7.38. The van der Waals surface area contributed by atoms with Crippen molar-refractivity contribution in [1.29, 1.82) is 0 Å². The second-order valence-electron chi connectivity index (χ2n) is 6.52. The summed E-state index contributed by atoms with van der Waals surface area (Å²) in [5.74, 6) is 0.631. The summed E-state index contributed by atoms with van der Waals surface area (Å²) in [6.07, 6.45) is 7.22. The van der Waals surface area contributed by atoms with Crippen molar-refractivity contribution >= 4 is 5.91 Å². The Morgan fingerprint density at radius 3 is 2.89 bits per heavy atom. The molecule has 0 spiro atoms. The Balaban J connectivity index is 1.67. The van der Waals surface area contributed by atoms with Gasteiger partial charge in [-0.25, -0.2) is 0 Å². The van der Waals surface area contributed by atoms with Crippen LogP contribution in [0, 0.1) is 0 Å². The lowest BCUT2D eigenvalue weighted by atomic mass is 10.0. The highest BCUT2D eigenvalue weighted by Crippen LogP contribution is 2.37. The Hall–Kier alpha value is -3.15. The van der Waals surface area contributed by atoms with Gasteiger partial charge >= 0.3 is 0 Å². The molecule has 138 valence electrons. The van der Waals surface area contributed by atoms with Crippen LogP contribution in [-0.2, 0) is 0 Å². The molecule has 1 fully saturated rings. The molecule has 1 atom stereocenters. The van der Waals surface area contributed by atoms with Gasteiger partial charge in [0.05, 0.1) is 30.1 Å². The van der Waals surface area contributed by atoms with Crippen LogP contribution < -0.4 is 4.74 Å². The second kappa shape index (κ2) is 7.61. The largest absolute Gasteiger partial charge is 0.493 e. The van der Waals surface area contributed by atoms with Gasteiger partial charge in [-0.15, -0.1) is 0 Å². The fourth-order valence-corrected chi connectivity index (χ4v) is 3.70. The molecule has 3 aromatic rings. The molecule has 1 amide bonds. The van der Waals surface area contributed by atoms with E-state index < -0.39 is 0 Å². The van der Waals surface area contributed by atoms with Crippen LogP contribution in [-0.4, -0.2) is 39.1 Å².